The van der Waals surface area contributed by atoms with Gasteiger partial charge in [-0.3, -0.25) is 4.79 Å². The summed E-state index contributed by atoms with van der Waals surface area (Å²) in [6.45, 7) is 4.30. The maximum absolute atomic E-state index is 12.2. The number of methoxy groups -OCH3 is 1. The van der Waals surface area contributed by atoms with Crippen molar-refractivity contribution in [1.29, 1.82) is 0 Å². The Morgan fingerprint density at radius 3 is 2.83 bits per heavy atom. The highest BCUT2D eigenvalue weighted by molar-refractivity contribution is 6.32. The number of carbonyl (C=O) groups is 1. The lowest BCUT2D eigenvalue weighted by atomic mass is 10.2. The third-order valence-electron chi connectivity index (χ3n) is 3.21. The Hall–Kier alpha value is -1.98. The van der Waals surface area contributed by atoms with Gasteiger partial charge in [0.15, 0.2) is 0 Å². The van der Waals surface area contributed by atoms with E-state index in [-0.39, 0.29) is 12.0 Å². The Morgan fingerprint density at radius 2 is 2.13 bits per heavy atom. The van der Waals surface area contributed by atoms with E-state index in [1.807, 2.05) is 19.1 Å². The summed E-state index contributed by atoms with van der Waals surface area (Å²) < 4.78 is 16.2. The van der Waals surface area contributed by atoms with Crippen molar-refractivity contribution < 1.29 is 18.7 Å². The van der Waals surface area contributed by atoms with Crippen molar-refractivity contribution in [2.24, 2.45) is 0 Å². The second-order valence-corrected chi connectivity index (χ2v) is 5.59. The van der Waals surface area contributed by atoms with Gasteiger partial charge >= 0.3 is 0 Å². The second-order valence-electron chi connectivity index (χ2n) is 5.18. The Kier molecular flexibility index (Phi) is 6.07. The topological polar surface area (TPSA) is 60.7 Å². The number of benzene rings is 1. The van der Waals surface area contributed by atoms with Crippen molar-refractivity contribution in [2.75, 3.05) is 13.7 Å². The molecule has 0 bridgehead atoms. The van der Waals surface area contributed by atoms with Gasteiger partial charge < -0.3 is 19.2 Å². The minimum absolute atomic E-state index is 0.205. The van der Waals surface area contributed by atoms with Crippen molar-refractivity contribution >= 4 is 17.5 Å². The van der Waals surface area contributed by atoms with Crippen LogP contribution >= 0.6 is 11.6 Å². The van der Waals surface area contributed by atoms with E-state index < -0.39 is 0 Å². The number of hydrogen-bond acceptors (Lipinski definition) is 4. The molecule has 1 atom stereocenters. The monoisotopic (exact) mass is 337 g/mol. The molecule has 0 saturated heterocycles. The zero-order chi connectivity index (χ0) is 16.8. The van der Waals surface area contributed by atoms with Crippen LogP contribution < -0.4 is 10.1 Å². The third-order valence-corrected chi connectivity index (χ3v) is 3.53. The van der Waals surface area contributed by atoms with E-state index in [9.17, 15) is 4.79 Å². The molecular formula is C17H20ClNO4. The van der Waals surface area contributed by atoms with Crippen LogP contribution in [0.25, 0.3) is 0 Å². The number of ether oxygens (including phenoxy) is 2. The second kappa shape index (κ2) is 8.04. The van der Waals surface area contributed by atoms with Crippen LogP contribution in [0.4, 0.5) is 0 Å². The molecule has 0 radical (unpaired) electrons. The Morgan fingerprint density at radius 1 is 1.39 bits per heavy atom. The first kappa shape index (κ1) is 17.4. The van der Waals surface area contributed by atoms with Gasteiger partial charge in [0.1, 0.15) is 30.0 Å². The van der Waals surface area contributed by atoms with Crippen molar-refractivity contribution in [1.82, 2.24) is 5.32 Å². The van der Waals surface area contributed by atoms with Gasteiger partial charge in [0.05, 0.1) is 17.1 Å². The summed E-state index contributed by atoms with van der Waals surface area (Å²) in [7, 11) is 1.57. The van der Waals surface area contributed by atoms with Gasteiger partial charge in [-0.2, -0.15) is 0 Å². The van der Waals surface area contributed by atoms with E-state index in [0.29, 0.717) is 41.0 Å². The molecule has 1 aromatic carbocycles. The van der Waals surface area contributed by atoms with Gasteiger partial charge in [-0.25, -0.2) is 0 Å². The van der Waals surface area contributed by atoms with Crippen LogP contribution in [0.3, 0.4) is 0 Å². The van der Waals surface area contributed by atoms with Crippen LogP contribution in [0.2, 0.25) is 5.02 Å². The van der Waals surface area contributed by atoms with E-state index in [1.54, 1.807) is 32.2 Å². The molecule has 1 aromatic heterocycles. The number of nitrogens with one attached hydrogen (secondary N) is 1. The summed E-state index contributed by atoms with van der Waals surface area (Å²) in [5, 5.41) is 3.37. The fourth-order valence-corrected chi connectivity index (χ4v) is 2.29. The summed E-state index contributed by atoms with van der Waals surface area (Å²) >= 11 is 6.04. The van der Waals surface area contributed by atoms with Gasteiger partial charge in [-0.05, 0) is 32.0 Å². The molecule has 0 unspecified atom stereocenters. The normalized spacial score (nSPS) is 12.0. The molecule has 0 aliphatic heterocycles. The molecule has 0 saturated carbocycles. The number of hydrogen-bond donors (Lipinski definition) is 1. The average Bonchev–Trinajstić information content (AvgIpc) is 2.88. The predicted octanol–water partition coefficient (Wildman–Crippen LogP) is 3.59. The van der Waals surface area contributed by atoms with E-state index in [1.165, 1.54) is 0 Å². The smallest absolute Gasteiger partial charge is 0.254 e. The molecule has 2 rings (SSSR count). The van der Waals surface area contributed by atoms with Gasteiger partial charge in [0, 0.05) is 7.11 Å². The average molecular weight is 338 g/mol. The molecule has 6 heteroatoms. The maximum Gasteiger partial charge on any atom is 0.254 e. The number of halogens is 1. The standard InChI is InChI=1S/C17H20ClNO4/c1-11(22-16-7-5-4-6-15(16)18)9-19-17(20)14-8-13(10-21-3)23-12(14)2/h4-8,11H,9-10H2,1-3H3,(H,19,20)/t11-/m1/s1. The van der Waals surface area contributed by atoms with Crippen LogP contribution in [-0.4, -0.2) is 25.7 Å². The van der Waals surface area contributed by atoms with Gasteiger partial charge in [0.2, 0.25) is 0 Å². The summed E-state index contributed by atoms with van der Waals surface area (Å²) in [5.74, 6) is 1.57. The molecule has 0 aliphatic rings. The molecule has 5 nitrogen and oxygen atoms in total. The maximum atomic E-state index is 12.2. The minimum Gasteiger partial charge on any atom is -0.487 e. The number of rotatable bonds is 7. The molecule has 1 heterocycles. The molecule has 2 aromatic rings. The number of amides is 1. The summed E-state index contributed by atoms with van der Waals surface area (Å²) in [6.07, 6.45) is -0.218. The van der Waals surface area contributed by atoms with E-state index in [2.05, 4.69) is 5.32 Å². The zero-order valence-corrected chi connectivity index (χ0v) is 14.1. The quantitative estimate of drug-likeness (QED) is 0.838. The van der Waals surface area contributed by atoms with Crippen molar-refractivity contribution in [3.8, 4) is 5.75 Å². The van der Waals surface area contributed by atoms with Gasteiger partial charge in [-0.1, -0.05) is 23.7 Å². The van der Waals surface area contributed by atoms with Crippen LogP contribution in [0, 0.1) is 6.92 Å². The molecule has 124 valence electrons. The van der Waals surface area contributed by atoms with Crippen LogP contribution in [0.1, 0.15) is 28.8 Å². The number of aryl methyl sites for hydroxylation is 1. The lowest BCUT2D eigenvalue weighted by molar-refractivity contribution is 0.0930. The number of para-hydroxylation sites is 1. The lowest BCUT2D eigenvalue weighted by Gasteiger charge is -2.16. The minimum atomic E-state index is -0.218. The highest BCUT2D eigenvalue weighted by atomic mass is 35.5. The molecule has 23 heavy (non-hydrogen) atoms. The lowest BCUT2D eigenvalue weighted by Crippen LogP contribution is -2.33. The summed E-state index contributed by atoms with van der Waals surface area (Å²) in [5.41, 5.74) is 0.502. The summed E-state index contributed by atoms with van der Waals surface area (Å²) in [6, 6.07) is 8.92. The first-order valence-corrected chi connectivity index (χ1v) is 7.66. The molecular weight excluding hydrogens is 318 g/mol. The predicted molar refractivity (Wildman–Crippen MR) is 88.0 cm³/mol. The molecule has 0 spiro atoms. The van der Waals surface area contributed by atoms with Gasteiger partial charge in [-0.15, -0.1) is 0 Å². The van der Waals surface area contributed by atoms with Crippen LogP contribution in [0.15, 0.2) is 34.7 Å². The van der Waals surface area contributed by atoms with E-state index in [0.717, 1.165) is 0 Å². The van der Waals surface area contributed by atoms with E-state index >= 15 is 0 Å². The highest BCUT2D eigenvalue weighted by Crippen LogP contribution is 2.24. The first-order valence-electron chi connectivity index (χ1n) is 7.29. The Balaban J connectivity index is 1.90. The van der Waals surface area contributed by atoms with Crippen LogP contribution in [0.5, 0.6) is 5.75 Å². The van der Waals surface area contributed by atoms with Crippen molar-refractivity contribution in [2.45, 2.75) is 26.6 Å². The van der Waals surface area contributed by atoms with Crippen molar-refractivity contribution in [3.63, 3.8) is 0 Å². The fraction of sp³-hybridized carbons (Fsp3) is 0.353. The highest BCUT2D eigenvalue weighted by Gasteiger charge is 2.16. The van der Waals surface area contributed by atoms with Crippen LogP contribution in [-0.2, 0) is 11.3 Å². The SMILES string of the molecule is COCc1cc(C(=O)NC[C@@H](C)Oc2ccccc2Cl)c(C)o1. The molecule has 0 aliphatic carbocycles. The van der Waals surface area contributed by atoms with E-state index in [4.69, 9.17) is 25.5 Å². The zero-order valence-electron chi connectivity index (χ0n) is 13.4. The van der Waals surface area contributed by atoms with Gasteiger partial charge in [0.25, 0.3) is 5.91 Å². The largest absolute Gasteiger partial charge is 0.487 e. The molecule has 1 amide bonds. The Bertz CT molecular complexity index is 668. The molecule has 0 fully saturated rings. The number of furan rings is 1. The summed E-state index contributed by atoms with van der Waals surface area (Å²) in [4.78, 5) is 12.2. The Labute approximate surface area is 140 Å². The number of carbonyl (C=O) groups excluding carboxylic acids is 1. The third kappa shape index (κ3) is 4.74. The molecule has 1 N–H and O–H groups in total. The fourth-order valence-electron chi connectivity index (χ4n) is 2.11. The first-order chi connectivity index (χ1) is 11.0. The van der Waals surface area contributed by atoms with Crippen molar-refractivity contribution in [3.05, 3.63) is 52.4 Å².